The van der Waals surface area contributed by atoms with Crippen LogP contribution in [0.2, 0.25) is 0 Å². The number of ether oxygens (including phenoxy) is 1. The zero-order valence-electron chi connectivity index (χ0n) is 19.4. The number of hydrogen-bond acceptors (Lipinski definition) is 4. The summed E-state index contributed by atoms with van der Waals surface area (Å²) in [6.07, 6.45) is 0.827. The molecule has 4 rings (SSSR count). The standard InChI is InChI=1S/C27H30N2O3S/c1-19(2)29(27(31)21-10-5-4-6-11-21)17-26(30)28-15-13-25-22(14-16-33-25)23(28)18-32-24-12-8-7-9-20(24)3/h4-12,14,16,19,23H,13,15,17-18H2,1-3H3/t23-/m1/s1. The Bertz CT molecular complexity index is 1110. The minimum atomic E-state index is -0.173. The van der Waals surface area contributed by atoms with E-state index in [1.807, 2.05) is 68.1 Å². The van der Waals surface area contributed by atoms with Gasteiger partial charge in [-0.15, -0.1) is 11.3 Å². The molecule has 2 heterocycles. The summed E-state index contributed by atoms with van der Waals surface area (Å²) in [6, 6.07) is 18.9. The largest absolute Gasteiger partial charge is 0.491 e. The number of carbonyl (C=O) groups excluding carboxylic acids is 2. The van der Waals surface area contributed by atoms with Gasteiger partial charge in [-0.25, -0.2) is 0 Å². The molecule has 2 aromatic carbocycles. The number of hydrogen-bond donors (Lipinski definition) is 0. The van der Waals surface area contributed by atoms with E-state index in [-0.39, 0.29) is 30.4 Å². The third kappa shape index (κ3) is 5.11. The first kappa shape index (κ1) is 23.1. The summed E-state index contributed by atoms with van der Waals surface area (Å²) in [5.74, 6) is 0.651. The summed E-state index contributed by atoms with van der Waals surface area (Å²) in [4.78, 5) is 31.5. The Labute approximate surface area is 199 Å². The molecule has 5 nitrogen and oxygen atoms in total. The Hall–Kier alpha value is -3.12. The van der Waals surface area contributed by atoms with Crippen molar-refractivity contribution in [2.24, 2.45) is 0 Å². The molecule has 0 saturated heterocycles. The number of carbonyl (C=O) groups is 2. The lowest BCUT2D eigenvalue weighted by Crippen LogP contribution is -2.49. The van der Waals surface area contributed by atoms with E-state index >= 15 is 0 Å². The van der Waals surface area contributed by atoms with Crippen molar-refractivity contribution in [3.05, 3.63) is 87.6 Å². The van der Waals surface area contributed by atoms with Crippen molar-refractivity contribution in [1.82, 2.24) is 9.80 Å². The van der Waals surface area contributed by atoms with E-state index in [9.17, 15) is 9.59 Å². The van der Waals surface area contributed by atoms with Crippen LogP contribution in [0.15, 0.2) is 66.0 Å². The first-order chi connectivity index (χ1) is 16.0. The molecule has 0 fully saturated rings. The first-order valence-electron chi connectivity index (χ1n) is 11.4. The van der Waals surface area contributed by atoms with Gasteiger partial charge < -0.3 is 14.5 Å². The van der Waals surface area contributed by atoms with Crippen LogP contribution in [-0.2, 0) is 11.2 Å². The number of nitrogens with zero attached hydrogens (tertiary/aromatic N) is 2. The lowest BCUT2D eigenvalue weighted by molar-refractivity contribution is -0.136. The van der Waals surface area contributed by atoms with Crippen LogP contribution in [0.5, 0.6) is 5.75 Å². The monoisotopic (exact) mass is 462 g/mol. The highest BCUT2D eigenvalue weighted by molar-refractivity contribution is 7.10. The molecule has 0 aliphatic carbocycles. The minimum absolute atomic E-state index is 0.0474. The summed E-state index contributed by atoms with van der Waals surface area (Å²) in [7, 11) is 0. The molecule has 0 saturated carbocycles. The topological polar surface area (TPSA) is 49.9 Å². The molecule has 0 unspecified atom stereocenters. The average Bonchev–Trinajstić information content (AvgIpc) is 3.31. The fraction of sp³-hybridized carbons (Fsp3) is 0.333. The fourth-order valence-electron chi connectivity index (χ4n) is 4.23. The molecule has 1 atom stereocenters. The molecule has 0 spiro atoms. The lowest BCUT2D eigenvalue weighted by atomic mass is 10.00. The molecule has 3 aromatic rings. The Morgan fingerprint density at radius 1 is 1.09 bits per heavy atom. The third-order valence-electron chi connectivity index (χ3n) is 6.12. The third-order valence-corrected chi connectivity index (χ3v) is 7.11. The maximum atomic E-state index is 13.5. The van der Waals surface area contributed by atoms with Crippen LogP contribution in [0.4, 0.5) is 0 Å². The van der Waals surface area contributed by atoms with Gasteiger partial charge in [0.2, 0.25) is 5.91 Å². The minimum Gasteiger partial charge on any atom is -0.491 e. The van der Waals surface area contributed by atoms with Crippen LogP contribution < -0.4 is 4.74 Å². The molecule has 0 radical (unpaired) electrons. The molecular weight excluding hydrogens is 432 g/mol. The van der Waals surface area contributed by atoms with E-state index in [0.29, 0.717) is 18.7 Å². The highest BCUT2D eigenvalue weighted by Gasteiger charge is 2.34. The first-order valence-corrected chi connectivity index (χ1v) is 12.2. The van der Waals surface area contributed by atoms with E-state index in [2.05, 4.69) is 11.4 Å². The highest BCUT2D eigenvalue weighted by Crippen LogP contribution is 2.34. The summed E-state index contributed by atoms with van der Waals surface area (Å²) in [6.45, 7) is 6.96. The predicted octanol–water partition coefficient (Wildman–Crippen LogP) is 5.11. The number of para-hydroxylation sites is 1. The fourth-order valence-corrected chi connectivity index (χ4v) is 5.16. The van der Waals surface area contributed by atoms with Crippen LogP contribution in [0, 0.1) is 6.92 Å². The molecule has 0 N–H and O–H groups in total. The molecule has 2 amide bonds. The second-order valence-electron chi connectivity index (χ2n) is 8.62. The molecular formula is C27H30N2O3S. The van der Waals surface area contributed by atoms with Gasteiger partial charge in [-0.2, -0.15) is 0 Å². The molecule has 1 aliphatic heterocycles. The van der Waals surface area contributed by atoms with Crippen molar-refractivity contribution < 1.29 is 14.3 Å². The summed E-state index contributed by atoms with van der Waals surface area (Å²) in [5, 5.41) is 2.08. The van der Waals surface area contributed by atoms with E-state index in [0.717, 1.165) is 23.3 Å². The summed E-state index contributed by atoms with van der Waals surface area (Å²) in [5.41, 5.74) is 2.81. The number of aryl methyl sites for hydroxylation is 1. The van der Waals surface area contributed by atoms with Gasteiger partial charge >= 0.3 is 0 Å². The Morgan fingerprint density at radius 2 is 1.82 bits per heavy atom. The van der Waals surface area contributed by atoms with Gasteiger partial charge in [-0.05, 0) is 68.0 Å². The summed E-state index contributed by atoms with van der Waals surface area (Å²) < 4.78 is 6.18. The number of amides is 2. The molecule has 1 aliphatic rings. The molecule has 1 aromatic heterocycles. The van der Waals surface area contributed by atoms with Gasteiger partial charge in [0.25, 0.3) is 5.91 Å². The van der Waals surface area contributed by atoms with Gasteiger partial charge in [-0.1, -0.05) is 36.4 Å². The van der Waals surface area contributed by atoms with E-state index < -0.39 is 0 Å². The van der Waals surface area contributed by atoms with Crippen LogP contribution >= 0.6 is 11.3 Å². The van der Waals surface area contributed by atoms with Crippen LogP contribution in [0.1, 0.15) is 46.3 Å². The van der Waals surface area contributed by atoms with Crippen molar-refractivity contribution in [3.8, 4) is 5.75 Å². The van der Waals surface area contributed by atoms with Gasteiger partial charge in [0.15, 0.2) is 0 Å². The molecule has 33 heavy (non-hydrogen) atoms. The van der Waals surface area contributed by atoms with Crippen LogP contribution in [0.3, 0.4) is 0 Å². The Balaban J connectivity index is 1.54. The maximum Gasteiger partial charge on any atom is 0.254 e. The Morgan fingerprint density at radius 3 is 2.55 bits per heavy atom. The predicted molar refractivity (Wildman–Crippen MR) is 132 cm³/mol. The van der Waals surface area contributed by atoms with Crippen molar-refractivity contribution >= 4 is 23.2 Å². The molecule has 6 heteroatoms. The summed E-state index contributed by atoms with van der Waals surface area (Å²) >= 11 is 1.73. The van der Waals surface area contributed by atoms with Crippen molar-refractivity contribution in [3.63, 3.8) is 0 Å². The average molecular weight is 463 g/mol. The quantitative estimate of drug-likeness (QED) is 0.490. The second kappa shape index (κ2) is 10.2. The zero-order chi connectivity index (χ0) is 23.4. The molecule has 172 valence electrons. The van der Waals surface area contributed by atoms with Crippen LogP contribution in [-0.4, -0.2) is 47.4 Å². The van der Waals surface area contributed by atoms with E-state index in [1.54, 1.807) is 28.4 Å². The lowest BCUT2D eigenvalue weighted by Gasteiger charge is -2.37. The molecule has 0 bridgehead atoms. The number of thiophene rings is 1. The number of rotatable bonds is 7. The smallest absolute Gasteiger partial charge is 0.254 e. The maximum absolute atomic E-state index is 13.5. The van der Waals surface area contributed by atoms with Gasteiger partial charge in [0.05, 0.1) is 6.04 Å². The van der Waals surface area contributed by atoms with E-state index in [4.69, 9.17) is 4.74 Å². The van der Waals surface area contributed by atoms with Crippen molar-refractivity contribution in [1.29, 1.82) is 0 Å². The number of benzene rings is 2. The second-order valence-corrected chi connectivity index (χ2v) is 9.62. The van der Waals surface area contributed by atoms with Gasteiger partial charge in [0, 0.05) is 23.0 Å². The van der Waals surface area contributed by atoms with Crippen molar-refractivity contribution in [2.75, 3.05) is 19.7 Å². The zero-order valence-corrected chi connectivity index (χ0v) is 20.2. The number of fused-ring (bicyclic) bond motifs is 1. The van der Waals surface area contributed by atoms with Gasteiger partial charge in [0.1, 0.15) is 18.9 Å². The van der Waals surface area contributed by atoms with E-state index in [1.165, 1.54) is 4.88 Å². The highest BCUT2D eigenvalue weighted by atomic mass is 32.1. The van der Waals surface area contributed by atoms with Gasteiger partial charge in [-0.3, -0.25) is 9.59 Å². The normalized spacial score (nSPS) is 15.3. The van der Waals surface area contributed by atoms with Crippen LogP contribution in [0.25, 0.3) is 0 Å². The Kier molecular flexibility index (Phi) is 7.14. The van der Waals surface area contributed by atoms with Crippen molar-refractivity contribution in [2.45, 2.75) is 39.3 Å². The SMILES string of the molecule is Cc1ccccc1OC[C@@H]1c2ccsc2CCN1C(=O)CN(C(=O)c1ccccc1)C(C)C.